The van der Waals surface area contributed by atoms with Crippen LogP contribution in [0.1, 0.15) is 38.9 Å². The third-order valence-electron chi connectivity index (χ3n) is 3.04. The van der Waals surface area contributed by atoms with Gasteiger partial charge in [0.15, 0.2) is 6.61 Å². The molecule has 0 aliphatic rings. The zero-order valence-corrected chi connectivity index (χ0v) is 13.3. The zero-order chi connectivity index (χ0) is 15.9. The largest absolute Gasteiger partial charge is 0.748 e. The van der Waals surface area contributed by atoms with E-state index in [1.54, 1.807) is 0 Å². The highest BCUT2D eigenvalue weighted by atomic mass is 32.2. The number of aromatic nitrogens is 2. The van der Waals surface area contributed by atoms with Crippen LogP contribution in [0, 0.1) is 0 Å². The summed E-state index contributed by atoms with van der Waals surface area (Å²) in [4.78, 5) is 11.0. The molecule has 0 aromatic carbocycles. The predicted molar refractivity (Wildman–Crippen MR) is 74.2 cm³/mol. The SMILES string of the molecule is CCCCn1cc[n+](CCCS(=O)(=O)[O-])c1COC(C)=O. The monoisotopic (exact) mass is 318 g/mol. The number of hydrogen-bond donors (Lipinski definition) is 0. The third-order valence-corrected chi connectivity index (χ3v) is 3.83. The Bertz CT molecular complexity index is 565. The number of ether oxygens (including phenoxy) is 1. The molecule has 1 aromatic heterocycles. The molecule has 0 aliphatic carbocycles. The molecule has 0 saturated carbocycles. The molecule has 0 fully saturated rings. The molecule has 120 valence electrons. The van der Waals surface area contributed by atoms with Gasteiger partial charge in [-0.25, -0.2) is 17.6 Å². The number of carbonyl (C=O) groups is 1. The summed E-state index contributed by atoms with van der Waals surface area (Å²) < 4.78 is 40.7. The van der Waals surface area contributed by atoms with E-state index in [9.17, 15) is 17.8 Å². The standard InChI is InChI=1S/C13H22N2O5S/c1-3-4-6-14-8-9-15(7-5-10-21(17,18)19)13(14)11-20-12(2)16/h8-9H,3-7,10-11H2,1-2H3. The third kappa shape index (κ3) is 6.72. The summed E-state index contributed by atoms with van der Waals surface area (Å²) in [6.07, 6.45) is 5.96. The molecule has 0 unspecified atom stereocenters. The Morgan fingerprint density at radius 1 is 1.43 bits per heavy atom. The van der Waals surface area contributed by atoms with E-state index in [1.807, 2.05) is 21.5 Å². The number of aryl methyl sites for hydroxylation is 2. The number of esters is 1. The molecule has 0 amide bonds. The van der Waals surface area contributed by atoms with E-state index in [0.717, 1.165) is 25.2 Å². The Morgan fingerprint density at radius 2 is 2.14 bits per heavy atom. The van der Waals surface area contributed by atoms with Gasteiger partial charge in [0.2, 0.25) is 0 Å². The van der Waals surface area contributed by atoms with Gasteiger partial charge in [0, 0.05) is 12.7 Å². The molecule has 21 heavy (non-hydrogen) atoms. The van der Waals surface area contributed by atoms with Gasteiger partial charge in [0.1, 0.15) is 12.4 Å². The minimum atomic E-state index is -4.20. The molecule has 8 heteroatoms. The van der Waals surface area contributed by atoms with Crippen LogP contribution < -0.4 is 4.57 Å². The van der Waals surface area contributed by atoms with Gasteiger partial charge in [0.25, 0.3) is 5.82 Å². The highest BCUT2D eigenvalue weighted by molar-refractivity contribution is 7.85. The number of carbonyl (C=O) groups excluding carboxylic acids is 1. The summed E-state index contributed by atoms with van der Waals surface area (Å²) in [5.41, 5.74) is 0. The van der Waals surface area contributed by atoms with Crippen LogP contribution in [0.2, 0.25) is 0 Å². The van der Waals surface area contributed by atoms with E-state index in [0.29, 0.717) is 6.54 Å². The molecule has 0 N–H and O–H groups in total. The van der Waals surface area contributed by atoms with Crippen molar-refractivity contribution in [1.82, 2.24) is 4.57 Å². The first-order valence-corrected chi connectivity index (χ1v) is 8.55. The molecule has 0 aliphatic heterocycles. The number of imidazole rings is 1. The lowest BCUT2D eigenvalue weighted by molar-refractivity contribution is -0.705. The maximum absolute atomic E-state index is 11.0. The van der Waals surface area contributed by atoms with Crippen LogP contribution in [-0.4, -0.2) is 29.3 Å². The van der Waals surface area contributed by atoms with Crippen LogP contribution in [0.15, 0.2) is 12.4 Å². The molecule has 0 spiro atoms. The highest BCUT2D eigenvalue weighted by Gasteiger charge is 2.18. The van der Waals surface area contributed by atoms with Crippen molar-refractivity contribution in [2.45, 2.75) is 52.8 Å². The second kappa shape index (κ2) is 8.14. The van der Waals surface area contributed by atoms with Crippen LogP contribution in [0.4, 0.5) is 0 Å². The zero-order valence-electron chi connectivity index (χ0n) is 12.4. The van der Waals surface area contributed by atoms with Crippen LogP contribution >= 0.6 is 0 Å². The lowest BCUT2D eigenvalue weighted by atomic mass is 10.3. The van der Waals surface area contributed by atoms with Gasteiger partial charge in [-0.3, -0.25) is 4.79 Å². The number of nitrogens with zero attached hydrogens (tertiary/aromatic N) is 2. The van der Waals surface area contributed by atoms with Crippen molar-refractivity contribution >= 4 is 16.1 Å². The van der Waals surface area contributed by atoms with Gasteiger partial charge in [-0.1, -0.05) is 13.3 Å². The van der Waals surface area contributed by atoms with Crippen LogP contribution in [-0.2, 0) is 39.3 Å². The van der Waals surface area contributed by atoms with Crippen molar-refractivity contribution in [1.29, 1.82) is 0 Å². The molecule has 0 saturated heterocycles. The minimum Gasteiger partial charge on any atom is -0.748 e. The van der Waals surface area contributed by atoms with Crippen molar-refractivity contribution in [2.24, 2.45) is 0 Å². The average Bonchev–Trinajstić information content (AvgIpc) is 2.74. The van der Waals surface area contributed by atoms with E-state index < -0.39 is 15.9 Å². The molecule has 1 aromatic rings. The van der Waals surface area contributed by atoms with Crippen LogP contribution in [0.5, 0.6) is 0 Å². The quantitative estimate of drug-likeness (QED) is 0.377. The molecule has 0 radical (unpaired) electrons. The second-order valence-corrected chi connectivity index (χ2v) is 6.37. The van der Waals surface area contributed by atoms with Crippen molar-refractivity contribution in [3.05, 3.63) is 18.2 Å². The smallest absolute Gasteiger partial charge is 0.303 e. The molecule has 0 bridgehead atoms. The van der Waals surface area contributed by atoms with Gasteiger partial charge in [0.05, 0.1) is 23.2 Å². The van der Waals surface area contributed by atoms with Gasteiger partial charge in [-0.05, 0) is 12.8 Å². The molecule has 7 nitrogen and oxygen atoms in total. The summed E-state index contributed by atoms with van der Waals surface area (Å²) in [5.74, 6) is 0.0292. The van der Waals surface area contributed by atoms with E-state index in [4.69, 9.17) is 4.74 Å². The molecular formula is C13H22N2O5S. The number of rotatable bonds is 9. The Kier molecular flexibility index (Phi) is 6.83. The summed E-state index contributed by atoms with van der Waals surface area (Å²) in [7, 11) is -4.20. The summed E-state index contributed by atoms with van der Waals surface area (Å²) >= 11 is 0. The molecular weight excluding hydrogens is 296 g/mol. The Labute approximate surface area is 125 Å². The van der Waals surface area contributed by atoms with E-state index in [2.05, 4.69) is 6.92 Å². The van der Waals surface area contributed by atoms with Crippen molar-refractivity contribution in [3.8, 4) is 0 Å². The summed E-state index contributed by atoms with van der Waals surface area (Å²) in [5, 5.41) is 0. The normalized spacial score (nSPS) is 11.6. The van der Waals surface area contributed by atoms with Crippen molar-refractivity contribution in [3.63, 3.8) is 0 Å². The number of unbranched alkanes of at least 4 members (excludes halogenated alkanes) is 1. The number of hydrogen-bond acceptors (Lipinski definition) is 5. The lowest BCUT2D eigenvalue weighted by Gasteiger charge is -2.07. The summed E-state index contributed by atoms with van der Waals surface area (Å²) in [6, 6.07) is 0. The topological polar surface area (TPSA) is 92.3 Å². The predicted octanol–water partition coefficient (Wildman–Crippen LogP) is 0.574. The summed E-state index contributed by atoms with van der Waals surface area (Å²) in [6.45, 7) is 4.77. The fraction of sp³-hybridized carbons (Fsp3) is 0.692. The first-order valence-electron chi connectivity index (χ1n) is 6.98. The first-order chi connectivity index (χ1) is 9.83. The average molecular weight is 318 g/mol. The van der Waals surface area contributed by atoms with Gasteiger partial charge in [-0.2, -0.15) is 0 Å². The van der Waals surface area contributed by atoms with Crippen molar-refractivity contribution < 1.29 is 27.1 Å². The highest BCUT2D eigenvalue weighted by Crippen LogP contribution is 2.03. The molecule has 0 atom stereocenters. The van der Waals surface area contributed by atoms with E-state index in [1.165, 1.54) is 6.92 Å². The van der Waals surface area contributed by atoms with Crippen molar-refractivity contribution in [2.75, 3.05) is 5.75 Å². The molecule has 1 heterocycles. The van der Waals surface area contributed by atoms with Gasteiger partial charge >= 0.3 is 5.97 Å². The fourth-order valence-electron chi connectivity index (χ4n) is 1.98. The maximum atomic E-state index is 11.0. The lowest BCUT2D eigenvalue weighted by Crippen LogP contribution is -2.38. The van der Waals surface area contributed by atoms with Gasteiger partial charge in [-0.15, -0.1) is 0 Å². The molecule has 1 rings (SSSR count). The maximum Gasteiger partial charge on any atom is 0.303 e. The first kappa shape index (κ1) is 17.6. The Balaban J connectivity index is 2.76. The van der Waals surface area contributed by atoms with Crippen LogP contribution in [0.3, 0.4) is 0 Å². The second-order valence-electron chi connectivity index (χ2n) is 4.85. The Morgan fingerprint density at radius 3 is 2.71 bits per heavy atom. The fourth-order valence-corrected chi connectivity index (χ4v) is 2.46. The van der Waals surface area contributed by atoms with Crippen LogP contribution in [0.25, 0.3) is 0 Å². The van der Waals surface area contributed by atoms with E-state index >= 15 is 0 Å². The van der Waals surface area contributed by atoms with Gasteiger partial charge < -0.3 is 9.29 Å². The minimum absolute atomic E-state index is 0.135. The van der Waals surface area contributed by atoms with E-state index in [-0.39, 0.29) is 19.0 Å². The Hall–Kier alpha value is -1.41.